The second kappa shape index (κ2) is 3.33. The van der Waals surface area contributed by atoms with E-state index in [2.05, 4.69) is 20.8 Å². The third-order valence-electron chi connectivity index (χ3n) is 2.33. The van der Waals surface area contributed by atoms with E-state index in [1.165, 1.54) is 0 Å². The first-order valence-electron chi connectivity index (χ1n) is 4.44. The van der Waals surface area contributed by atoms with Gasteiger partial charge in [0.05, 0.1) is 0 Å². The van der Waals surface area contributed by atoms with Gasteiger partial charge in [-0.3, -0.25) is 0 Å². The first-order valence-corrected chi connectivity index (χ1v) is 4.44. The Morgan fingerprint density at radius 1 is 1.58 bits per heavy atom. The van der Waals surface area contributed by atoms with Gasteiger partial charge in [-0.05, 0) is 5.92 Å². The highest BCUT2D eigenvalue weighted by atomic mass is 16.6. The standard InChI is InChI=1S/C9H17NO2/c1-6(2)8-7(3)5-10(4)9(11)12-8/h6-8H,5H2,1-4H3/t7-,8-/m1/s1. The molecule has 12 heavy (non-hydrogen) atoms. The Hall–Kier alpha value is -0.730. The van der Waals surface area contributed by atoms with Gasteiger partial charge in [-0.1, -0.05) is 20.8 Å². The molecule has 0 radical (unpaired) electrons. The first-order chi connectivity index (χ1) is 5.52. The summed E-state index contributed by atoms with van der Waals surface area (Å²) in [7, 11) is 1.77. The number of carbonyl (C=O) groups excluding carboxylic acids is 1. The largest absolute Gasteiger partial charge is 0.445 e. The lowest BCUT2D eigenvalue weighted by atomic mass is 9.93. The molecule has 0 aromatic carbocycles. The van der Waals surface area contributed by atoms with E-state index >= 15 is 0 Å². The molecule has 0 bridgehead atoms. The van der Waals surface area contributed by atoms with Gasteiger partial charge in [-0.15, -0.1) is 0 Å². The van der Waals surface area contributed by atoms with Gasteiger partial charge < -0.3 is 9.64 Å². The molecule has 0 aromatic heterocycles. The number of cyclic esters (lactones) is 1. The molecule has 0 N–H and O–H groups in total. The van der Waals surface area contributed by atoms with Gasteiger partial charge in [0, 0.05) is 19.5 Å². The van der Waals surface area contributed by atoms with Crippen LogP contribution in [-0.2, 0) is 4.74 Å². The third kappa shape index (κ3) is 1.71. The molecule has 1 heterocycles. The van der Waals surface area contributed by atoms with Crippen molar-refractivity contribution in [2.45, 2.75) is 26.9 Å². The molecule has 70 valence electrons. The van der Waals surface area contributed by atoms with E-state index in [1.54, 1.807) is 11.9 Å². The summed E-state index contributed by atoms with van der Waals surface area (Å²) in [5, 5.41) is 0. The zero-order chi connectivity index (χ0) is 9.30. The Kier molecular flexibility index (Phi) is 2.60. The summed E-state index contributed by atoms with van der Waals surface area (Å²) in [6.07, 6.45) is -0.0968. The lowest BCUT2D eigenvalue weighted by Gasteiger charge is -2.36. The number of ether oxygens (including phenoxy) is 1. The summed E-state index contributed by atoms with van der Waals surface area (Å²) in [6.45, 7) is 7.09. The van der Waals surface area contributed by atoms with Gasteiger partial charge in [0.1, 0.15) is 6.10 Å². The summed E-state index contributed by atoms with van der Waals surface area (Å²) < 4.78 is 5.26. The molecule has 1 aliphatic heterocycles. The molecule has 3 heteroatoms. The topological polar surface area (TPSA) is 29.5 Å². The maximum atomic E-state index is 11.2. The molecule has 3 nitrogen and oxygen atoms in total. The number of hydrogen-bond donors (Lipinski definition) is 0. The van der Waals surface area contributed by atoms with Crippen molar-refractivity contribution in [3.63, 3.8) is 0 Å². The second-order valence-electron chi connectivity index (χ2n) is 3.95. The van der Waals surface area contributed by atoms with Crippen molar-refractivity contribution >= 4 is 6.09 Å². The lowest BCUT2D eigenvalue weighted by Crippen LogP contribution is -2.47. The molecule has 0 spiro atoms. The smallest absolute Gasteiger partial charge is 0.409 e. The monoisotopic (exact) mass is 171 g/mol. The second-order valence-corrected chi connectivity index (χ2v) is 3.95. The van der Waals surface area contributed by atoms with E-state index in [0.717, 1.165) is 6.54 Å². The van der Waals surface area contributed by atoms with Crippen LogP contribution in [0.1, 0.15) is 20.8 Å². The highest BCUT2D eigenvalue weighted by Gasteiger charge is 2.32. The number of hydrogen-bond acceptors (Lipinski definition) is 2. The average molecular weight is 171 g/mol. The number of carbonyl (C=O) groups is 1. The molecule has 1 fully saturated rings. The van der Waals surface area contributed by atoms with Crippen LogP contribution in [0.2, 0.25) is 0 Å². The summed E-state index contributed by atoms with van der Waals surface area (Å²) in [6, 6.07) is 0. The van der Waals surface area contributed by atoms with Crippen LogP contribution in [0.3, 0.4) is 0 Å². The van der Waals surface area contributed by atoms with E-state index in [1.807, 2.05) is 0 Å². The van der Waals surface area contributed by atoms with Gasteiger partial charge in [-0.2, -0.15) is 0 Å². The van der Waals surface area contributed by atoms with Crippen LogP contribution in [0.5, 0.6) is 0 Å². The zero-order valence-electron chi connectivity index (χ0n) is 8.20. The van der Waals surface area contributed by atoms with Crippen molar-refractivity contribution in [3.8, 4) is 0 Å². The Bertz CT molecular complexity index is 179. The molecular weight excluding hydrogens is 154 g/mol. The van der Waals surface area contributed by atoms with Gasteiger partial charge in [0.15, 0.2) is 0 Å². The number of nitrogens with zero attached hydrogens (tertiary/aromatic N) is 1. The van der Waals surface area contributed by atoms with Crippen molar-refractivity contribution < 1.29 is 9.53 Å². The van der Waals surface area contributed by atoms with Gasteiger partial charge in [0.25, 0.3) is 0 Å². The van der Waals surface area contributed by atoms with E-state index in [0.29, 0.717) is 11.8 Å². The van der Waals surface area contributed by atoms with Crippen LogP contribution in [0, 0.1) is 11.8 Å². The molecule has 2 atom stereocenters. The molecule has 1 saturated heterocycles. The molecule has 0 aromatic rings. The predicted octanol–water partition coefficient (Wildman–Crippen LogP) is 1.73. The quantitative estimate of drug-likeness (QED) is 0.601. The van der Waals surface area contributed by atoms with Crippen molar-refractivity contribution in [2.75, 3.05) is 13.6 Å². The summed E-state index contributed by atoms with van der Waals surface area (Å²) >= 11 is 0. The van der Waals surface area contributed by atoms with E-state index in [4.69, 9.17) is 4.74 Å². The van der Waals surface area contributed by atoms with Crippen LogP contribution in [0.4, 0.5) is 4.79 Å². The minimum Gasteiger partial charge on any atom is -0.445 e. The first kappa shape index (κ1) is 9.36. The fraction of sp³-hybridized carbons (Fsp3) is 0.889. The molecular formula is C9H17NO2. The fourth-order valence-corrected chi connectivity index (χ4v) is 1.73. The summed E-state index contributed by atoms with van der Waals surface area (Å²) in [5.74, 6) is 0.852. The van der Waals surface area contributed by atoms with Crippen LogP contribution in [0.25, 0.3) is 0 Å². The Labute approximate surface area is 73.7 Å². The number of amides is 1. The highest BCUT2D eigenvalue weighted by Crippen LogP contribution is 2.22. The van der Waals surface area contributed by atoms with Crippen LogP contribution in [-0.4, -0.2) is 30.7 Å². The molecule has 0 aliphatic carbocycles. The lowest BCUT2D eigenvalue weighted by molar-refractivity contribution is -0.0209. The maximum Gasteiger partial charge on any atom is 0.409 e. The van der Waals surface area contributed by atoms with Crippen LogP contribution < -0.4 is 0 Å². The minimum atomic E-state index is -0.188. The Morgan fingerprint density at radius 2 is 2.17 bits per heavy atom. The minimum absolute atomic E-state index is 0.0914. The average Bonchev–Trinajstić information content (AvgIpc) is 1.96. The normalized spacial score (nSPS) is 30.8. The molecule has 0 unspecified atom stereocenters. The summed E-state index contributed by atoms with van der Waals surface area (Å²) in [5.41, 5.74) is 0. The Balaban J connectivity index is 2.61. The van der Waals surface area contributed by atoms with Crippen molar-refractivity contribution in [3.05, 3.63) is 0 Å². The van der Waals surface area contributed by atoms with Gasteiger partial charge >= 0.3 is 6.09 Å². The fourth-order valence-electron chi connectivity index (χ4n) is 1.73. The van der Waals surface area contributed by atoms with Gasteiger partial charge in [-0.25, -0.2) is 4.79 Å². The molecule has 1 aliphatic rings. The van der Waals surface area contributed by atoms with E-state index in [-0.39, 0.29) is 12.2 Å². The van der Waals surface area contributed by atoms with Gasteiger partial charge in [0.2, 0.25) is 0 Å². The van der Waals surface area contributed by atoms with Crippen LogP contribution in [0.15, 0.2) is 0 Å². The van der Waals surface area contributed by atoms with Crippen molar-refractivity contribution in [1.29, 1.82) is 0 Å². The predicted molar refractivity (Wildman–Crippen MR) is 46.9 cm³/mol. The summed E-state index contributed by atoms with van der Waals surface area (Å²) in [4.78, 5) is 12.8. The molecule has 1 amide bonds. The third-order valence-corrected chi connectivity index (χ3v) is 2.33. The van der Waals surface area contributed by atoms with Crippen molar-refractivity contribution in [2.24, 2.45) is 11.8 Å². The SMILES string of the molecule is CC(C)[C@H]1OC(=O)N(C)C[C@H]1C. The van der Waals surface area contributed by atoms with Crippen LogP contribution >= 0.6 is 0 Å². The molecule has 1 rings (SSSR count). The maximum absolute atomic E-state index is 11.2. The zero-order valence-corrected chi connectivity index (χ0v) is 8.20. The van der Waals surface area contributed by atoms with E-state index in [9.17, 15) is 4.79 Å². The number of rotatable bonds is 1. The van der Waals surface area contributed by atoms with E-state index < -0.39 is 0 Å². The highest BCUT2D eigenvalue weighted by molar-refractivity contribution is 5.68. The van der Waals surface area contributed by atoms with Crippen molar-refractivity contribution in [1.82, 2.24) is 4.90 Å². The Morgan fingerprint density at radius 3 is 2.67 bits per heavy atom. The molecule has 0 saturated carbocycles.